The van der Waals surface area contributed by atoms with E-state index in [4.69, 9.17) is 14.6 Å². The fourth-order valence-corrected chi connectivity index (χ4v) is 4.33. The average Bonchev–Trinajstić information content (AvgIpc) is 3.31. The number of hydrogen-bond donors (Lipinski definition) is 2. The zero-order valence-electron chi connectivity index (χ0n) is 20.0. The van der Waals surface area contributed by atoms with Gasteiger partial charge in [0.1, 0.15) is 17.2 Å². The molecule has 0 aliphatic heterocycles. The summed E-state index contributed by atoms with van der Waals surface area (Å²) >= 11 is 0. The molecule has 2 aromatic carbocycles. The van der Waals surface area contributed by atoms with Crippen molar-refractivity contribution >= 4 is 17.8 Å². The summed E-state index contributed by atoms with van der Waals surface area (Å²) in [6, 6.07) is 8.59. The van der Waals surface area contributed by atoms with E-state index in [2.05, 4.69) is 0 Å². The number of unbranched alkanes of at least 4 members (excludes halogenated alkanes) is 1. The van der Waals surface area contributed by atoms with Crippen molar-refractivity contribution in [3.05, 3.63) is 58.7 Å². The molecule has 1 aliphatic rings. The van der Waals surface area contributed by atoms with Gasteiger partial charge in [-0.1, -0.05) is 25.7 Å². The zero-order chi connectivity index (χ0) is 24.5. The summed E-state index contributed by atoms with van der Waals surface area (Å²) in [7, 11) is 0. The Morgan fingerprint density at radius 1 is 1.00 bits per heavy atom. The Morgan fingerprint density at radius 3 is 2.38 bits per heavy atom. The molecule has 6 nitrogen and oxygen atoms in total. The third kappa shape index (κ3) is 7.11. The number of hydrogen-bond acceptors (Lipinski definition) is 5. The van der Waals surface area contributed by atoms with Crippen LogP contribution in [-0.2, 0) is 4.79 Å². The van der Waals surface area contributed by atoms with Gasteiger partial charge in [-0.25, -0.2) is 4.79 Å². The second-order valence-electron chi connectivity index (χ2n) is 8.94. The molecule has 1 fully saturated rings. The van der Waals surface area contributed by atoms with Crippen molar-refractivity contribution in [1.82, 2.24) is 0 Å². The van der Waals surface area contributed by atoms with Gasteiger partial charge in [-0.05, 0) is 74.1 Å². The van der Waals surface area contributed by atoms with Crippen LogP contribution < -0.4 is 9.47 Å². The number of Topliss-reactive ketones (excluding diaryl/α,β-unsaturated/α-hetero) is 1. The summed E-state index contributed by atoms with van der Waals surface area (Å²) in [6.45, 7) is 5.01. The van der Waals surface area contributed by atoms with E-state index in [0.29, 0.717) is 36.9 Å². The Labute approximate surface area is 201 Å². The second kappa shape index (κ2) is 12.3. The van der Waals surface area contributed by atoms with E-state index in [1.54, 1.807) is 12.1 Å². The number of ether oxygens (including phenoxy) is 2. The van der Waals surface area contributed by atoms with Gasteiger partial charge < -0.3 is 19.7 Å². The molecular weight excluding hydrogens is 432 g/mol. The minimum Gasteiger partial charge on any atom is -0.507 e. The summed E-state index contributed by atoms with van der Waals surface area (Å²) in [6.07, 6.45) is 9.37. The highest BCUT2D eigenvalue weighted by Crippen LogP contribution is 2.31. The fraction of sp³-hybridized carbons (Fsp3) is 0.429. The van der Waals surface area contributed by atoms with Gasteiger partial charge in [-0.15, -0.1) is 0 Å². The van der Waals surface area contributed by atoms with E-state index in [0.717, 1.165) is 41.4 Å². The molecule has 6 heteroatoms. The van der Waals surface area contributed by atoms with Gasteiger partial charge >= 0.3 is 5.97 Å². The molecule has 182 valence electrons. The maximum atomic E-state index is 12.7. The first-order valence-electron chi connectivity index (χ1n) is 12.0. The average molecular weight is 467 g/mol. The van der Waals surface area contributed by atoms with Crippen molar-refractivity contribution in [2.75, 3.05) is 13.2 Å². The van der Waals surface area contributed by atoms with Crippen molar-refractivity contribution in [2.45, 2.75) is 58.8 Å². The monoisotopic (exact) mass is 466 g/mol. The van der Waals surface area contributed by atoms with Gasteiger partial charge in [0.25, 0.3) is 0 Å². The quantitative estimate of drug-likeness (QED) is 0.223. The molecule has 0 spiro atoms. The minimum atomic E-state index is -1.07. The summed E-state index contributed by atoms with van der Waals surface area (Å²) in [5, 5.41) is 18.7. The first-order chi connectivity index (χ1) is 16.3. The van der Waals surface area contributed by atoms with Crippen LogP contribution in [0.5, 0.6) is 17.2 Å². The first kappa shape index (κ1) is 25.3. The lowest BCUT2D eigenvalue weighted by Gasteiger charge is -2.15. The van der Waals surface area contributed by atoms with E-state index in [1.165, 1.54) is 37.8 Å². The number of benzene rings is 2. The summed E-state index contributed by atoms with van der Waals surface area (Å²) in [5.74, 6) is 1.01. The van der Waals surface area contributed by atoms with Gasteiger partial charge in [0.2, 0.25) is 0 Å². The highest BCUT2D eigenvalue weighted by molar-refractivity contribution is 5.98. The molecule has 0 radical (unpaired) electrons. The molecule has 0 heterocycles. The Hall–Kier alpha value is -3.28. The summed E-state index contributed by atoms with van der Waals surface area (Å²) in [4.78, 5) is 23.3. The Morgan fingerprint density at radius 2 is 1.71 bits per heavy atom. The number of carbonyl (C=O) groups is 2. The molecule has 0 atom stereocenters. The predicted molar refractivity (Wildman–Crippen MR) is 132 cm³/mol. The lowest BCUT2D eigenvalue weighted by Crippen LogP contribution is -2.09. The smallest absolute Gasteiger partial charge is 0.328 e. The number of rotatable bonds is 12. The van der Waals surface area contributed by atoms with E-state index in [1.807, 2.05) is 26.0 Å². The molecule has 0 bridgehead atoms. The van der Waals surface area contributed by atoms with Crippen LogP contribution in [0.3, 0.4) is 0 Å². The number of carbonyl (C=O) groups excluding carboxylic acids is 1. The van der Waals surface area contributed by atoms with Gasteiger partial charge in [0.05, 0.1) is 13.2 Å². The van der Waals surface area contributed by atoms with Crippen molar-refractivity contribution in [3.63, 3.8) is 0 Å². The van der Waals surface area contributed by atoms with Crippen LogP contribution in [0.2, 0.25) is 0 Å². The standard InChI is InChI=1S/C28H34O6/c1-19-20(2)27(13-12-24(19)26(30)17-21-7-3-4-8-21)34-16-6-5-15-33-23-11-9-22(25(29)18-23)10-14-28(31)32/h9-14,18,21,29H,3-8,15-17H2,1-2H3,(H,31,32)/b14-10+. The molecule has 34 heavy (non-hydrogen) atoms. The number of aliphatic carboxylic acids is 1. The van der Waals surface area contributed by atoms with Gasteiger partial charge in [-0.3, -0.25) is 4.79 Å². The third-order valence-corrected chi connectivity index (χ3v) is 6.46. The van der Waals surface area contributed by atoms with Crippen LogP contribution >= 0.6 is 0 Å². The third-order valence-electron chi connectivity index (χ3n) is 6.46. The summed E-state index contributed by atoms with van der Waals surface area (Å²) in [5.41, 5.74) is 3.25. The Kier molecular flexibility index (Phi) is 9.14. The van der Waals surface area contributed by atoms with Crippen molar-refractivity contribution in [1.29, 1.82) is 0 Å². The SMILES string of the molecule is Cc1c(OCCCCOc2ccc(/C=C/C(=O)O)c(O)c2)ccc(C(=O)CC2CCCC2)c1C. The Bertz CT molecular complexity index is 1030. The van der Waals surface area contributed by atoms with E-state index in [9.17, 15) is 14.7 Å². The molecule has 2 N–H and O–H groups in total. The van der Waals surface area contributed by atoms with Crippen LogP contribution in [0.4, 0.5) is 0 Å². The molecule has 1 aliphatic carbocycles. The number of carboxylic acid groups (broad SMARTS) is 1. The maximum absolute atomic E-state index is 12.7. The van der Waals surface area contributed by atoms with E-state index in [-0.39, 0.29) is 11.5 Å². The zero-order valence-corrected chi connectivity index (χ0v) is 20.0. The van der Waals surface area contributed by atoms with Gasteiger partial charge in [-0.2, -0.15) is 0 Å². The van der Waals surface area contributed by atoms with Gasteiger partial charge in [0.15, 0.2) is 5.78 Å². The number of aromatic hydroxyl groups is 1. The van der Waals surface area contributed by atoms with Crippen LogP contribution in [0, 0.1) is 19.8 Å². The van der Waals surface area contributed by atoms with Crippen molar-refractivity contribution < 1.29 is 29.3 Å². The topological polar surface area (TPSA) is 93.1 Å². The van der Waals surface area contributed by atoms with Crippen molar-refractivity contribution in [2.24, 2.45) is 5.92 Å². The van der Waals surface area contributed by atoms with E-state index < -0.39 is 5.97 Å². The van der Waals surface area contributed by atoms with Crippen LogP contribution in [0.1, 0.15) is 72.0 Å². The lowest BCUT2D eigenvalue weighted by molar-refractivity contribution is -0.131. The summed E-state index contributed by atoms with van der Waals surface area (Å²) < 4.78 is 11.6. The maximum Gasteiger partial charge on any atom is 0.328 e. The highest BCUT2D eigenvalue weighted by Gasteiger charge is 2.21. The molecule has 3 rings (SSSR count). The molecule has 2 aromatic rings. The number of ketones is 1. The molecular formula is C28H34O6. The lowest BCUT2D eigenvalue weighted by atomic mass is 9.92. The second-order valence-corrected chi connectivity index (χ2v) is 8.94. The predicted octanol–water partition coefficient (Wildman–Crippen LogP) is 6.11. The van der Waals surface area contributed by atoms with Crippen LogP contribution in [0.25, 0.3) is 6.08 Å². The van der Waals surface area contributed by atoms with Crippen molar-refractivity contribution in [3.8, 4) is 17.2 Å². The van der Waals surface area contributed by atoms with Gasteiger partial charge in [0, 0.05) is 29.7 Å². The Balaban J connectivity index is 1.41. The number of carboxylic acids is 1. The molecule has 1 saturated carbocycles. The van der Waals surface area contributed by atoms with E-state index >= 15 is 0 Å². The normalized spacial score (nSPS) is 13.9. The fourth-order valence-electron chi connectivity index (χ4n) is 4.33. The largest absolute Gasteiger partial charge is 0.507 e. The number of phenols is 1. The molecule has 0 amide bonds. The minimum absolute atomic E-state index is 0.0330. The molecule has 0 saturated heterocycles. The van der Waals surface area contributed by atoms with Crippen LogP contribution in [-0.4, -0.2) is 35.2 Å². The molecule has 0 aromatic heterocycles. The van der Waals surface area contributed by atoms with Crippen LogP contribution in [0.15, 0.2) is 36.4 Å². The first-order valence-corrected chi connectivity index (χ1v) is 12.0. The number of phenolic OH excluding ortho intramolecular Hbond substituents is 1. The molecule has 0 unspecified atom stereocenters. The highest BCUT2D eigenvalue weighted by atomic mass is 16.5.